The Hall–Kier alpha value is -2.59. The molecule has 1 aliphatic carbocycles. The van der Waals surface area contributed by atoms with Crippen LogP contribution in [0.3, 0.4) is 0 Å². The average molecular weight is 631 g/mol. The van der Waals surface area contributed by atoms with E-state index >= 15 is 0 Å². The summed E-state index contributed by atoms with van der Waals surface area (Å²) in [5, 5.41) is -0.133. The van der Waals surface area contributed by atoms with Gasteiger partial charge in [0.15, 0.2) is 0 Å². The molecule has 2 heterocycles. The number of nitrogens with zero attached hydrogens (tertiary/aromatic N) is 1. The highest BCUT2D eigenvalue weighted by molar-refractivity contribution is 7.90. The minimum Gasteiger partial charge on any atom is -0.487 e. The Morgan fingerprint density at radius 3 is 2.67 bits per heavy atom. The summed E-state index contributed by atoms with van der Waals surface area (Å²) in [4.78, 5) is 15.8. The number of nitrogens with one attached hydrogen (secondary N) is 1. The molecule has 1 N–H and O–H groups in total. The Labute approximate surface area is 260 Å². The third kappa shape index (κ3) is 7.39. The second kappa shape index (κ2) is 14.0. The number of allylic oxidation sites excluding steroid dienone is 1. The van der Waals surface area contributed by atoms with E-state index in [4.69, 9.17) is 25.8 Å². The summed E-state index contributed by atoms with van der Waals surface area (Å²) in [6.07, 6.45) is 9.51. The smallest absolute Gasteiger partial charge is 0.264 e. The molecule has 0 unspecified atom stereocenters. The number of amides is 1. The fourth-order valence-electron chi connectivity index (χ4n) is 6.54. The van der Waals surface area contributed by atoms with Gasteiger partial charge < -0.3 is 19.1 Å². The van der Waals surface area contributed by atoms with E-state index in [1.165, 1.54) is 5.56 Å². The largest absolute Gasteiger partial charge is 0.487 e. The number of aryl methyl sites for hydroxylation is 1. The number of methoxy groups -OCH3 is 2. The number of hydrogen-bond donors (Lipinski definition) is 1. The van der Waals surface area contributed by atoms with Gasteiger partial charge >= 0.3 is 0 Å². The predicted octanol–water partition coefficient (Wildman–Crippen LogP) is 5.77. The van der Waals surface area contributed by atoms with Crippen LogP contribution < -0.4 is 14.4 Å². The van der Waals surface area contributed by atoms with Crippen molar-refractivity contribution >= 4 is 33.2 Å². The summed E-state index contributed by atoms with van der Waals surface area (Å²) in [6.45, 7) is 3.82. The number of carbonyl (C=O) groups excluding carboxylic acids is 1. The van der Waals surface area contributed by atoms with Crippen molar-refractivity contribution in [1.29, 1.82) is 0 Å². The summed E-state index contributed by atoms with van der Waals surface area (Å²) in [5.74, 6) is 0.433. The number of anilines is 1. The van der Waals surface area contributed by atoms with Gasteiger partial charge in [0, 0.05) is 43.8 Å². The van der Waals surface area contributed by atoms with Gasteiger partial charge in [0.1, 0.15) is 12.4 Å². The number of fused-ring (bicyclic) bond motifs is 3. The lowest BCUT2D eigenvalue weighted by molar-refractivity contribution is 0.0134. The zero-order chi connectivity index (χ0) is 30.6. The summed E-state index contributed by atoms with van der Waals surface area (Å²) in [6, 6.07) is 11.1. The maximum absolute atomic E-state index is 13.4. The Morgan fingerprint density at radius 1 is 1.09 bits per heavy atom. The molecule has 10 heteroatoms. The van der Waals surface area contributed by atoms with Gasteiger partial charge in [-0.1, -0.05) is 29.8 Å². The quantitative estimate of drug-likeness (QED) is 0.430. The van der Waals surface area contributed by atoms with Crippen molar-refractivity contribution in [3.8, 4) is 5.75 Å². The van der Waals surface area contributed by atoms with E-state index in [1.807, 2.05) is 24.3 Å². The van der Waals surface area contributed by atoms with Gasteiger partial charge in [-0.15, -0.1) is 0 Å². The SMILES string of the molecule is COC[C@H]1C/C=C/[C@H](OC)[C@@H]2CC[C@H]2CN2CCCCc3cc(Cl)ccc3COc3ccc(cc32)C(=O)NS(=O)(=O)[C@@H]1C. The van der Waals surface area contributed by atoms with E-state index in [0.29, 0.717) is 35.6 Å². The van der Waals surface area contributed by atoms with Gasteiger partial charge in [0.05, 0.1) is 23.6 Å². The molecule has 8 nitrogen and oxygen atoms in total. The van der Waals surface area contributed by atoms with Crippen LogP contribution in [-0.2, 0) is 32.5 Å². The minimum atomic E-state index is -3.99. The number of benzene rings is 2. The molecule has 0 aromatic heterocycles. The van der Waals surface area contributed by atoms with Gasteiger partial charge in [-0.25, -0.2) is 13.1 Å². The molecule has 1 amide bonds. The third-order valence-electron chi connectivity index (χ3n) is 9.40. The highest BCUT2D eigenvalue weighted by atomic mass is 35.5. The fourth-order valence-corrected chi connectivity index (χ4v) is 8.00. The number of ether oxygens (including phenoxy) is 3. The molecule has 5 atom stereocenters. The monoisotopic (exact) mass is 630 g/mol. The van der Waals surface area contributed by atoms with Gasteiger partial charge in [-0.3, -0.25) is 4.79 Å². The Kier molecular flexibility index (Phi) is 10.4. The fraction of sp³-hybridized carbons (Fsp3) is 0.545. The number of halogens is 1. The van der Waals surface area contributed by atoms with Crippen LogP contribution in [0, 0.1) is 17.8 Å². The Balaban J connectivity index is 1.54. The highest BCUT2D eigenvalue weighted by Gasteiger charge is 2.38. The van der Waals surface area contributed by atoms with Crippen LogP contribution in [-0.4, -0.2) is 59.6 Å². The zero-order valence-electron chi connectivity index (χ0n) is 25.3. The minimum absolute atomic E-state index is 0.0632. The van der Waals surface area contributed by atoms with Crippen molar-refractivity contribution in [3.63, 3.8) is 0 Å². The molecule has 2 bridgehead atoms. The molecule has 2 aromatic carbocycles. The topological polar surface area (TPSA) is 94.2 Å². The van der Waals surface area contributed by atoms with Crippen LogP contribution in [0.1, 0.15) is 60.5 Å². The van der Waals surface area contributed by atoms with Gasteiger partial charge in [0.2, 0.25) is 10.0 Å². The summed E-state index contributed by atoms with van der Waals surface area (Å²) >= 11 is 6.32. The van der Waals surface area contributed by atoms with Crippen molar-refractivity contribution < 1.29 is 27.4 Å². The average Bonchev–Trinajstić information content (AvgIpc) is 3.00. The Bertz CT molecular complexity index is 1430. The molecule has 2 aromatic rings. The standard InChI is InChI=1S/C33H43ClN2O6S/c1-22-26(20-40-2)8-6-9-31(41-3)29-14-11-25(29)19-36-16-5-4-7-23-17-28(34)13-10-27(23)21-42-32-15-12-24(18-30(32)36)33(37)35-43(22,38)39/h6,9-10,12-13,15,17-18,22,25-26,29,31H,4-5,7-8,11,14,16,19-21H2,1-3H3,(H,35,37)/b9-6+/t22-,25+,26-,29-,31+/m1/s1. The first-order valence-corrected chi connectivity index (χ1v) is 17.2. The van der Waals surface area contributed by atoms with Crippen LogP contribution in [0.2, 0.25) is 5.02 Å². The first-order valence-electron chi connectivity index (χ1n) is 15.2. The highest BCUT2D eigenvalue weighted by Crippen LogP contribution is 2.41. The first-order chi connectivity index (χ1) is 20.7. The number of rotatable bonds is 3. The third-order valence-corrected chi connectivity index (χ3v) is 11.5. The van der Waals surface area contributed by atoms with E-state index in [1.54, 1.807) is 39.3 Å². The first kappa shape index (κ1) is 31.8. The molecular formula is C33H43ClN2O6S. The molecular weight excluding hydrogens is 588 g/mol. The van der Waals surface area contributed by atoms with Crippen LogP contribution in [0.4, 0.5) is 5.69 Å². The van der Waals surface area contributed by atoms with E-state index in [2.05, 4.69) is 15.7 Å². The number of hydrogen-bond acceptors (Lipinski definition) is 7. The van der Waals surface area contributed by atoms with Crippen LogP contribution in [0.5, 0.6) is 5.75 Å². The lowest BCUT2D eigenvalue weighted by Crippen LogP contribution is -2.44. The van der Waals surface area contributed by atoms with Crippen LogP contribution in [0.25, 0.3) is 0 Å². The van der Waals surface area contributed by atoms with Crippen LogP contribution >= 0.6 is 11.6 Å². The van der Waals surface area contributed by atoms with E-state index in [-0.39, 0.29) is 24.2 Å². The van der Waals surface area contributed by atoms with Crippen molar-refractivity contribution in [3.05, 3.63) is 70.3 Å². The summed E-state index contributed by atoms with van der Waals surface area (Å²) in [5.41, 5.74) is 3.35. The maximum atomic E-state index is 13.4. The van der Waals surface area contributed by atoms with E-state index in [0.717, 1.165) is 56.4 Å². The molecule has 1 saturated carbocycles. The zero-order valence-corrected chi connectivity index (χ0v) is 26.8. The van der Waals surface area contributed by atoms with Crippen molar-refractivity contribution in [2.24, 2.45) is 17.8 Å². The maximum Gasteiger partial charge on any atom is 0.264 e. The van der Waals surface area contributed by atoms with Crippen LogP contribution in [0.15, 0.2) is 48.6 Å². The molecule has 0 saturated heterocycles. The van der Waals surface area contributed by atoms with Crippen molar-refractivity contribution in [2.45, 2.75) is 63.4 Å². The molecule has 3 aliphatic rings. The molecule has 0 radical (unpaired) electrons. The second-order valence-electron chi connectivity index (χ2n) is 12.0. The second-order valence-corrected chi connectivity index (χ2v) is 14.5. The molecule has 43 heavy (non-hydrogen) atoms. The van der Waals surface area contributed by atoms with Crippen molar-refractivity contribution in [2.75, 3.05) is 38.8 Å². The lowest BCUT2D eigenvalue weighted by Gasteiger charge is -2.43. The predicted molar refractivity (Wildman–Crippen MR) is 169 cm³/mol. The molecule has 2 aliphatic heterocycles. The van der Waals surface area contributed by atoms with E-state index in [9.17, 15) is 13.2 Å². The lowest BCUT2D eigenvalue weighted by atomic mass is 9.70. The molecule has 5 rings (SSSR count). The summed E-state index contributed by atoms with van der Waals surface area (Å²) in [7, 11) is -0.686. The molecule has 1 fully saturated rings. The summed E-state index contributed by atoms with van der Waals surface area (Å²) < 4.78 is 46.9. The number of sulfonamides is 1. The van der Waals surface area contributed by atoms with Gasteiger partial charge in [-0.05, 0) is 98.7 Å². The molecule has 0 spiro atoms. The van der Waals surface area contributed by atoms with Gasteiger partial charge in [-0.2, -0.15) is 0 Å². The van der Waals surface area contributed by atoms with Gasteiger partial charge in [0.25, 0.3) is 5.91 Å². The number of carbonyl (C=O) groups is 1. The normalized spacial score (nSPS) is 28.6. The van der Waals surface area contributed by atoms with Crippen molar-refractivity contribution in [1.82, 2.24) is 4.72 Å². The molecule has 234 valence electrons. The Morgan fingerprint density at radius 2 is 1.93 bits per heavy atom. The van der Waals surface area contributed by atoms with E-state index < -0.39 is 21.2 Å².